The van der Waals surface area contributed by atoms with Gasteiger partial charge in [-0.05, 0) is 24.3 Å². The van der Waals surface area contributed by atoms with Gasteiger partial charge in [-0.1, -0.05) is 36.4 Å². The van der Waals surface area contributed by atoms with Crippen LogP contribution in [-0.2, 0) is 9.47 Å². The first kappa shape index (κ1) is 20.9. The SMILES string of the molecule is COC(=O)c1ccccc1-c1cc(OC)c(-c2ccccc2C(=O)OC)cc1OC. The second-order valence-corrected chi connectivity index (χ2v) is 6.33. The molecule has 0 heterocycles. The highest BCUT2D eigenvalue weighted by Gasteiger charge is 2.21. The normalized spacial score (nSPS) is 10.3. The van der Waals surface area contributed by atoms with Crippen molar-refractivity contribution in [1.29, 1.82) is 0 Å². The summed E-state index contributed by atoms with van der Waals surface area (Å²) in [6.07, 6.45) is 0. The summed E-state index contributed by atoms with van der Waals surface area (Å²) >= 11 is 0. The first-order valence-corrected chi connectivity index (χ1v) is 9.17. The fraction of sp³-hybridized carbons (Fsp3) is 0.167. The monoisotopic (exact) mass is 406 g/mol. The summed E-state index contributed by atoms with van der Waals surface area (Å²) in [5.41, 5.74) is 3.43. The minimum absolute atomic E-state index is 0.406. The number of esters is 2. The number of rotatable bonds is 6. The second kappa shape index (κ2) is 9.13. The summed E-state index contributed by atoms with van der Waals surface area (Å²) < 4.78 is 21.1. The molecule has 3 aromatic rings. The molecule has 6 heteroatoms. The Kier molecular flexibility index (Phi) is 6.37. The molecule has 3 aromatic carbocycles. The lowest BCUT2D eigenvalue weighted by molar-refractivity contribution is 0.0592. The zero-order chi connectivity index (χ0) is 21.7. The molecule has 154 valence electrons. The highest BCUT2D eigenvalue weighted by molar-refractivity contribution is 6.01. The van der Waals surface area contributed by atoms with E-state index in [0.717, 1.165) is 0 Å². The Labute approximate surface area is 175 Å². The molecule has 0 aromatic heterocycles. The van der Waals surface area contributed by atoms with Crippen molar-refractivity contribution >= 4 is 11.9 Å². The molecule has 0 radical (unpaired) electrons. The lowest BCUT2D eigenvalue weighted by Gasteiger charge is -2.18. The smallest absolute Gasteiger partial charge is 0.338 e. The Balaban J connectivity index is 2.27. The van der Waals surface area contributed by atoms with Crippen LogP contribution < -0.4 is 9.47 Å². The van der Waals surface area contributed by atoms with Crippen molar-refractivity contribution in [2.45, 2.75) is 0 Å². The van der Waals surface area contributed by atoms with Gasteiger partial charge in [-0.25, -0.2) is 9.59 Å². The Morgan fingerprint density at radius 2 is 0.933 bits per heavy atom. The van der Waals surface area contributed by atoms with Gasteiger partial charge in [0.15, 0.2) is 0 Å². The van der Waals surface area contributed by atoms with Crippen LogP contribution in [0.3, 0.4) is 0 Å². The maximum atomic E-state index is 12.3. The van der Waals surface area contributed by atoms with Crippen LogP contribution >= 0.6 is 0 Å². The largest absolute Gasteiger partial charge is 0.496 e. The average Bonchev–Trinajstić information content (AvgIpc) is 2.82. The number of hydrogen-bond acceptors (Lipinski definition) is 6. The van der Waals surface area contributed by atoms with Gasteiger partial charge < -0.3 is 18.9 Å². The van der Waals surface area contributed by atoms with Crippen LogP contribution in [0.5, 0.6) is 11.5 Å². The van der Waals surface area contributed by atoms with Crippen molar-refractivity contribution < 1.29 is 28.5 Å². The molecule has 0 fully saturated rings. The molecule has 0 spiro atoms. The fourth-order valence-corrected chi connectivity index (χ4v) is 3.33. The van der Waals surface area contributed by atoms with Gasteiger partial charge in [0.1, 0.15) is 11.5 Å². The van der Waals surface area contributed by atoms with E-state index >= 15 is 0 Å². The van der Waals surface area contributed by atoms with E-state index in [1.165, 1.54) is 14.2 Å². The van der Waals surface area contributed by atoms with Crippen LogP contribution in [0.1, 0.15) is 20.7 Å². The minimum atomic E-state index is -0.452. The number of carbonyl (C=O) groups is 2. The van der Waals surface area contributed by atoms with Crippen LogP contribution in [0.15, 0.2) is 60.7 Å². The Morgan fingerprint density at radius 3 is 1.27 bits per heavy atom. The van der Waals surface area contributed by atoms with Crippen LogP contribution in [-0.4, -0.2) is 40.4 Å². The van der Waals surface area contributed by atoms with E-state index in [-0.39, 0.29) is 0 Å². The van der Waals surface area contributed by atoms with E-state index in [4.69, 9.17) is 18.9 Å². The van der Waals surface area contributed by atoms with Crippen LogP contribution in [0.4, 0.5) is 0 Å². The number of benzene rings is 3. The van der Waals surface area contributed by atoms with Crippen molar-refractivity contribution in [3.63, 3.8) is 0 Å². The molecule has 0 atom stereocenters. The van der Waals surface area contributed by atoms with Gasteiger partial charge in [0.2, 0.25) is 0 Å². The molecular formula is C24H22O6. The number of methoxy groups -OCH3 is 4. The summed E-state index contributed by atoms with van der Waals surface area (Å²) in [4.78, 5) is 24.5. The maximum absolute atomic E-state index is 12.3. The van der Waals surface area contributed by atoms with Gasteiger partial charge >= 0.3 is 11.9 Å². The van der Waals surface area contributed by atoms with Crippen LogP contribution in [0.2, 0.25) is 0 Å². The van der Waals surface area contributed by atoms with Crippen molar-refractivity contribution in [3.8, 4) is 33.8 Å². The van der Waals surface area contributed by atoms with E-state index in [9.17, 15) is 9.59 Å². The summed E-state index contributed by atoms with van der Waals surface area (Å²) in [6, 6.07) is 17.7. The van der Waals surface area contributed by atoms with Gasteiger partial charge in [-0.3, -0.25) is 0 Å². The first-order chi connectivity index (χ1) is 14.5. The van der Waals surface area contributed by atoms with Crippen LogP contribution in [0.25, 0.3) is 22.3 Å². The molecule has 0 bridgehead atoms. The van der Waals surface area contributed by atoms with Gasteiger partial charge in [0.05, 0.1) is 39.6 Å². The molecule has 0 amide bonds. The molecule has 0 aliphatic heterocycles. The highest BCUT2D eigenvalue weighted by atomic mass is 16.5. The third kappa shape index (κ3) is 3.85. The lowest BCUT2D eigenvalue weighted by atomic mass is 9.93. The minimum Gasteiger partial charge on any atom is -0.496 e. The summed E-state index contributed by atoms with van der Waals surface area (Å²) in [6.45, 7) is 0. The fourth-order valence-electron chi connectivity index (χ4n) is 3.33. The average molecular weight is 406 g/mol. The molecule has 0 aliphatic rings. The molecular weight excluding hydrogens is 384 g/mol. The highest BCUT2D eigenvalue weighted by Crippen LogP contribution is 2.42. The number of ether oxygens (including phenoxy) is 4. The van der Waals surface area contributed by atoms with Crippen LogP contribution in [0, 0.1) is 0 Å². The predicted molar refractivity (Wildman–Crippen MR) is 113 cm³/mol. The van der Waals surface area contributed by atoms with Crippen molar-refractivity contribution in [3.05, 3.63) is 71.8 Å². The summed E-state index contributed by atoms with van der Waals surface area (Å²) in [5, 5.41) is 0. The molecule has 6 nitrogen and oxygen atoms in total. The van der Waals surface area contributed by atoms with E-state index < -0.39 is 11.9 Å². The third-order valence-electron chi connectivity index (χ3n) is 4.77. The maximum Gasteiger partial charge on any atom is 0.338 e. The van der Waals surface area contributed by atoms with Crippen molar-refractivity contribution in [1.82, 2.24) is 0 Å². The topological polar surface area (TPSA) is 71.1 Å². The van der Waals surface area contributed by atoms with Gasteiger partial charge in [-0.2, -0.15) is 0 Å². The van der Waals surface area contributed by atoms with E-state index in [0.29, 0.717) is 44.9 Å². The number of carbonyl (C=O) groups excluding carboxylic acids is 2. The van der Waals surface area contributed by atoms with Gasteiger partial charge in [0, 0.05) is 22.3 Å². The first-order valence-electron chi connectivity index (χ1n) is 9.17. The van der Waals surface area contributed by atoms with E-state index in [1.807, 2.05) is 24.3 Å². The zero-order valence-corrected chi connectivity index (χ0v) is 17.2. The quantitative estimate of drug-likeness (QED) is 0.557. The lowest BCUT2D eigenvalue weighted by Crippen LogP contribution is -2.05. The number of hydrogen-bond donors (Lipinski definition) is 0. The third-order valence-corrected chi connectivity index (χ3v) is 4.77. The zero-order valence-electron chi connectivity index (χ0n) is 17.2. The molecule has 3 rings (SSSR count). The molecule has 0 saturated heterocycles. The summed E-state index contributed by atoms with van der Waals surface area (Å²) in [5.74, 6) is 0.127. The summed E-state index contributed by atoms with van der Waals surface area (Å²) in [7, 11) is 5.76. The Hall–Kier alpha value is -3.80. The Morgan fingerprint density at radius 1 is 0.567 bits per heavy atom. The predicted octanol–water partition coefficient (Wildman–Crippen LogP) is 4.61. The van der Waals surface area contributed by atoms with E-state index in [1.54, 1.807) is 50.6 Å². The molecule has 30 heavy (non-hydrogen) atoms. The van der Waals surface area contributed by atoms with E-state index in [2.05, 4.69) is 0 Å². The molecule has 0 N–H and O–H groups in total. The van der Waals surface area contributed by atoms with Crippen molar-refractivity contribution in [2.75, 3.05) is 28.4 Å². The molecule has 0 unspecified atom stereocenters. The van der Waals surface area contributed by atoms with Gasteiger partial charge in [0.25, 0.3) is 0 Å². The van der Waals surface area contributed by atoms with Crippen molar-refractivity contribution in [2.24, 2.45) is 0 Å². The standard InChI is InChI=1S/C24H22O6/c1-27-21-13-20(16-10-6-8-12-18(16)24(26)30-4)22(28-2)14-19(21)15-9-5-7-11-17(15)23(25)29-3/h5-14H,1-4H3. The van der Waals surface area contributed by atoms with Gasteiger partial charge in [-0.15, -0.1) is 0 Å². The Bertz CT molecular complexity index is 1000. The molecule has 0 saturated carbocycles. The second-order valence-electron chi connectivity index (χ2n) is 6.33. The molecule has 0 aliphatic carbocycles.